The first-order chi connectivity index (χ1) is 8.51. The van der Waals surface area contributed by atoms with Gasteiger partial charge < -0.3 is 10.7 Å². The number of aromatic nitrogens is 3. The third-order valence-electron chi connectivity index (χ3n) is 2.16. The quantitative estimate of drug-likeness (QED) is 0.585. The van der Waals surface area contributed by atoms with E-state index in [2.05, 4.69) is 19.9 Å². The molecule has 0 aliphatic rings. The van der Waals surface area contributed by atoms with Crippen molar-refractivity contribution in [3.8, 4) is 0 Å². The molecule has 0 saturated heterocycles. The molecule has 2 rings (SSSR count). The van der Waals surface area contributed by atoms with Crippen LogP contribution in [0.15, 0.2) is 34.1 Å². The average molecular weight is 269 g/mol. The van der Waals surface area contributed by atoms with E-state index in [1.165, 1.54) is 24.4 Å². The Morgan fingerprint density at radius 3 is 2.72 bits per heavy atom. The predicted molar refractivity (Wildman–Crippen MR) is 64.4 cm³/mol. The summed E-state index contributed by atoms with van der Waals surface area (Å²) in [5.41, 5.74) is 5.57. The average Bonchev–Trinajstić information content (AvgIpc) is 2.81. The van der Waals surface area contributed by atoms with Crippen molar-refractivity contribution in [1.82, 2.24) is 15.2 Å². The maximum atomic E-state index is 11.9. The summed E-state index contributed by atoms with van der Waals surface area (Å²) in [6.45, 7) is 0.215. The Bertz CT molecular complexity index is 682. The Hall–Kier alpha value is -2.13. The molecule has 0 atom stereocenters. The first-order valence-electron chi connectivity index (χ1n) is 4.97. The molecular weight excluding hydrogens is 258 g/mol. The first-order valence-corrected chi connectivity index (χ1v) is 6.45. The van der Waals surface area contributed by atoms with Crippen molar-refractivity contribution < 1.29 is 8.42 Å². The van der Waals surface area contributed by atoms with Crippen molar-refractivity contribution in [2.75, 3.05) is 4.72 Å². The van der Waals surface area contributed by atoms with Gasteiger partial charge in [0.25, 0.3) is 15.6 Å². The second kappa shape index (κ2) is 4.63. The summed E-state index contributed by atoms with van der Waals surface area (Å²) < 4.78 is 26.1. The van der Waals surface area contributed by atoms with E-state index >= 15 is 0 Å². The van der Waals surface area contributed by atoms with Gasteiger partial charge in [0.05, 0.1) is 0 Å². The number of nitrogens with zero attached hydrogens (tertiary/aromatic N) is 1. The molecule has 0 saturated carbocycles. The van der Waals surface area contributed by atoms with Gasteiger partial charge in [0.1, 0.15) is 4.90 Å². The molecule has 0 aliphatic heterocycles. The van der Waals surface area contributed by atoms with Gasteiger partial charge >= 0.3 is 0 Å². The van der Waals surface area contributed by atoms with Crippen LogP contribution in [-0.2, 0) is 16.6 Å². The lowest BCUT2D eigenvalue weighted by molar-refractivity contribution is 0.601. The molecule has 0 spiro atoms. The van der Waals surface area contributed by atoms with Crippen molar-refractivity contribution in [2.24, 2.45) is 5.73 Å². The van der Waals surface area contributed by atoms with Gasteiger partial charge in [-0.2, -0.15) is 5.10 Å². The largest absolute Gasteiger partial charge is 0.363 e. The summed E-state index contributed by atoms with van der Waals surface area (Å²) in [6.07, 6.45) is 1.33. The summed E-state index contributed by atoms with van der Waals surface area (Å²) in [7, 11) is -3.74. The van der Waals surface area contributed by atoms with Crippen LogP contribution < -0.4 is 16.0 Å². The second-order valence-electron chi connectivity index (χ2n) is 3.48. The number of hydrogen-bond donors (Lipinski definition) is 4. The predicted octanol–water partition coefficient (Wildman–Crippen LogP) is -0.643. The minimum Gasteiger partial charge on any atom is -0.363 e. The van der Waals surface area contributed by atoms with Crippen LogP contribution in [0.25, 0.3) is 0 Å². The standard InChI is InChI=1S/C9H11N5O3S/c10-4-6-3-7(5-11-6)18(16,17)14-8-1-2-9(15)13-12-8/h1-3,5,11H,4,10H2,(H,12,14)(H,13,15). The number of hydrogen-bond acceptors (Lipinski definition) is 5. The molecule has 0 amide bonds. The van der Waals surface area contributed by atoms with Crippen molar-refractivity contribution in [1.29, 1.82) is 0 Å². The van der Waals surface area contributed by atoms with Crippen LogP contribution in [0.2, 0.25) is 0 Å². The van der Waals surface area contributed by atoms with Crippen LogP contribution in [0.5, 0.6) is 0 Å². The van der Waals surface area contributed by atoms with Crippen LogP contribution in [0.4, 0.5) is 5.82 Å². The Kier molecular flexibility index (Phi) is 3.17. The molecule has 96 valence electrons. The van der Waals surface area contributed by atoms with E-state index in [1.54, 1.807) is 0 Å². The zero-order valence-electron chi connectivity index (χ0n) is 9.17. The molecule has 0 bridgehead atoms. The van der Waals surface area contributed by atoms with E-state index in [0.717, 1.165) is 0 Å². The van der Waals surface area contributed by atoms with E-state index in [-0.39, 0.29) is 17.3 Å². The minimum absolute atomic E-state index is 0.0325. The molecule has 5 N–H and O–H groups in total. The Morgan fingerprint density at radius 2 is 2.17 bits per heavy atom. The fraction of sp³-hybridized carbons (Fsp3) is 0.111. The van der Waals surface area contributed by atoms with Crippen molar-refractivity contribution in [3.63, 3.8) is 0 Å². The van der Waals surface area contributed by atoms with Gasteiger partial charge in [0, 0.05) is 24.5 Å². The number of nitrogens with two attached hydrogens (primary N) is 1. The van der Waals surface area contributed by atoms with E-state index in [4.69, 9.17) is 5.73 Å². The van der Waals surface area contributed by atoms with Gasteiger partial charge in [-0.1, -0.05) is 0 Å². The van der Waals surface area contributed by atoms with E-state index < -0.39 is 15.6 Å². The molecule has 8 nitrogen and oxygen atoms in total. The highest BCUT2D eigenvalue weighted by atomic mass is 32.2. The van der Waals surface area contributed by atoms with Gasteiger partial charge in [-0.3, -0.25) is 9.52 Å². The Balaban J connectivity index is 2.26. The summed E-state index contributed by atoms with van der Waals surface area (Å²) in [5.74, 6) is 0.0325. The number of anilines is 1. The van der Waals surface area contributed by atoms with Crippen LogP contribution in [0.3, 0.4) is 0 Å². The number of H-pyrrole nitrogens is 2. The third-order valence-corrected chi connectivity index (χ3v) is 3.50. The topological polar surface area (TPSA) is 134 Å². The molecule has 2 aromatic heterocycles. The van der Waals surface area contributed by atoms with E-state index in [1.807, 2.05) is 0 Å². The van der Waals surface area contributed by atoms with Crippen molar-refractivity contribution in [2.45, 2.75) is 11.4 Å². The summed E-state index contributed by atoms with van der Waals surface area (Å²) in [5, 5.41) is 5.68. The molecule has 2 aromatic rings. The molecule has 9 heteroatoms. The first kappa shape index (κ1) is 12.3. The van der Waals surface area contributed by atoms with Gasteiger partial charge in [-0.15, -0.1) is 0 Å². The molecule has 0 fully saturated rings. The van der Waals surface area contributed by atoms with Gasteiger partial charge in [-0.25, -0.2) is 13.5 Å². The molecule has 2 heterocycles. The number of nitrogens with one attached hydrogen (secondary N) is 3. The minimum atomic E-state index is -3.74. The number of sulfonamides is 1. The van der Waals surface area contributed by atoms with Gasteiger partial charge in [0.2, 0.25) is 0 Å². The highest BCUT2D eigenvalue weighted by Gasteiger charge is 2.16. The molecule has 18 heavy (non-hydrogen) atoms. The lowest BCUT2D eigenvalue weighted by Gasteiger charge is -2.03. The van der Waals surface area contributed by atoms with Crippen LogP contribution in [0.1, 0.15) is 5.69 Å². The zero-order chi connectivity index (χ0) is 13.2. The number of aromatic amines is 2. The van der Waals surface area contributed by atoms with Gasteiger partial charge in [-0.05, 0) is 12.1 Å². The third kappa shape index (κ3) is 2.57. The summed E-state index contributed by atoms with van der Waals surface area (Å²) in [4.78, 5) is 13.6. The highest BCUT2D eigenvalue weighted by molar-refractivity contribution is 7.92. The van der Waals surface area contributed by atoms with Gasteiger partial charge in [0.15, 0.2) is 5.82 Å². The van der Waals surface area contributed by atoms with E-state index in [0.29, 0.717) is 5.69 Å². The van der Waals surface area contributed by atoms with Crippen LogP contribution in [0, 0.1) is 0 Å². The SMILES string of the molecule is NCc1cc(S(=O)(=O)Nc2ccc(=O)[nH]n2)c[nH]1. The Labute approximate surface area is 102 Å². The maximum Gasteiger partial charge on any atom is 0.264 e. The molecule has 0 radical (unpaired) electrons. The normalized spacial score (nSPS) is 11.4. The summed E-state index contributed by atoms with van der Waals surface area (Å²) in [6, 6.07) is 3.87. The molecule has 0 unspecified atom stereocenters. The fourth-order valence-corrected chi connectivity index (χ4v) is 2.31. The zero-order valence-corrected chi connectivity index (χ0v) is 9.99. The Morgan fingerprint density at radius 1 is 1.39 bits per heavy atom. The smallest absolute Gasteiger partial charge is 0.264 e. The van der Waals surface area contributed by atoms with E-state index in [9.17, 15) is 13.2 Å². The maximum absolute atomic E-state index is 11.9. The van der Waals surface area contributed by atoms with Crippen molar-refractivity contribution >= 4 is 15.8 Å². The number of rotatable bonds is 4. The molecular formula is C9H11N5O3S. The molecule has 0 aromatic carbocycles. The second-order valence-corrected chi connectivity index (χ2v) is 5.16. The molecule has 0 aliphatic carbocycles. The monoisotopic (exact) mass is 269 g/mol. The van der Waals surface area contributed by atoms with Crippen molar-refractivity contribution in [3.05, 3.63) is 40.4 Å². The summed E-state index contributed by atoms with van der Waals surface area (Å²) >= 11 is 0. The van der Waals surface area contributed by atoms with Crippen LogP contribution in [-0.4, -0.2) is 23.6 Å². The lowest BCUT2D eigenvalue weighted by atomic mass is 10.4. The highest BCUT2D eigenvalue weighted by Crippen LogP contribution is 2.14. The fourth-order valence-electron chi connectivity index (χ4n) is 1.29. The lowest BCUT2D eigenvalue weighted by Crippen LogP contribution is -2.15. The van der Waals surface area contributed by atoms with Crippen LogP contribution >= 0.6 is 0 Å².